The van der Waals surface area contributed by atoms with E-state index in [0.717, 1.165) is 44.0 Å². The molecule has 0 unspecified atom stereocenters. The Labute approximate surface area is 143 Å². The largest absolute Gasteiger partial charge is 0.487 e. The molecule has 0 bridgehead atoms. The highest BCUT2D eigenvalue weighted by molar-refractivity contribution is 5.41. The SMILES string of the molecule is Cn1cc([C@@H]2CN(Cc3ccc4c(c3)CC(C)(C)O4)CCO2)cn1. The van der Waals surface area contributed by atoms with E-state index in [2.05, 4.69) is 42.0 Å². The Kier molecular flexibility index (Phi) is 3.85. The number of rotatable bonds is 3. The summed E-state index contributed by atoms with van der Waals surface area (Å²) < 4.78 is 13.7. The molecular weight excluding hydrogens is 302 g/mol. The van der Waals surface area contributed by atoms with Crippen molar-refractivity contribution in [1.29, 1.82) is 0 Å². The van der Waals surface area contributed by atoms with Gasteiger partial charge in [-0.25, -0.2) is 0 Å². The third-order valence-electron chi connectivity index (χ3n) is 4.78. The molecule has 2 aliphatic rings. The van der Waals surface area contributed by atoms with Gasteiger partial charge in [-0.05, 0) is 31.0 Å². The Bertz CT molecular complexity index is 738. The summed E-state index contributed by atoms with van der Waals surface area (Å²) in [5, 5.41) is 4.26. The summed E-state index contributed by atoms with van der Waals surface area (Å²) in [5.74, 6) is 1.04. The van der Waals surface area contributed by atoms with E-state index in [1.54, 1.807) is 0 Å². The summed E-state index contributed by atoms with van der Waals surface area (Å²) in [6.07, 6.45) is 5.05. The molecule has 3 heterocycles. The third-order valence-corrected chi connectivity index (χ3v) is 4.78. The molecule has 0 spiro atoms. The van der Waals surface area contributed by atoms with Crippen molar-refractivity contribution >= 4 is 0 Å². The van der Waals surface area contributed by atoms with Gasteiger partial charge < -0.3 is 9.47 Å². The van der Waals surface area contributed by atoms with Crippen molar-refractivity contribution in [3.05, 3.63) is 47.3 Å². The number of morpholine rings is 1. The van der Waals surface area contributed by atoms with Crippen LogP contribution < -0.4 is 4.74 Å². The standard InChI is InChI=1S/C19H25N3O2/c1-19(2)9-15-8-14(4-5-17(15)24-19)11-22-6-7-23-18(13-22)16-10-20-21(3)12-16/h4-5,8,10,12,18H,6-7,9,11,13H2,1-3H3/t18-/m0/s1. The monoisotopic (exact) mass is 327 g/mol. The van der Waals surface area contributed by atoms with E-state index >= 15 is 0 Å². The van der Waals surface area contributed by atoms with Crippen LogP contribution in [0.2, 0.25) is 0 Å². The van der Waals surface area contributed by atoms with Gasteiger partial charge in [0.25, 0.3) is 0 Å². The molecule has 2 aliphatic heterocycles. The molecule has 5 nitrogen and oxygen atoms in total. The van der Waals surface area contributed by atoms with E-state index in [0.29, 0.717) is 0 Å². The molecule has 1 aromatic carbocycles. The zero-order valence-electron chi connectivity index (χ0n) is 14.7. The summed E-state index contributed by atoms with van der Waals surface area (Å²) in [7, 11) is 1.94. The van der Waals surface area contributed by atoms with Crippen LogP contribution in [0.1, 0.15) is 36.6 Å². The van der Waals surface area contributed by atoms with Crippen LogP contribution >= 0.6 is 0 Å². The maximum Gasteiger partial charge on any atom is 0.123 e. The molecule has 0 saturated carbocycles. The normalized spacial score (nSPS) is 23.0. The second-order valence-corrected chi connectivity index (χ2v) is 7.52. The lowest BCUT2D eigenvalue weighted by Gasteiger charge is -2.32. The average Bonchev–Trinajstić information content (AvgIpc) is 3.09. The Morgan fingerprint density at radius 3 is 3.00 bits per heavy atom. The van der Waals surface area contributed by atoms with Gasteiger partial charge in [0.05, 0.1) is 18.9 Å². The smallest absolute Gasteiger partial charge is 0.123 e. The molecule has 1 fully saturated rings. The maximum atomic E-state index is 5.97. The Morgan fingerprint density at radius 2 is 2.21 bits per heavy atom. The molecule has 0 amide bonds. The first-order valence-corrected chi connectivity index (χ1v) is 8.62. The molecule has 128 valence electrons. The van der Waals surface area contributed by atoms with Gasteiger partial charge in [0.2, 0.25) is 0 Å². The second-order valence-electron chi connectivity index (χ2n) is 7.52. The fourth-order valence-electron chi connectivity index (χ4n) is 3.67. The first kappa shape index (κ1) is 15.7. The van der Waals surface area contributed by atoms with Crippen LogP contribution in [0.15, 0.2) is 30.6 Å². The van der Waals surface area contributed by atoms with E-state index < -0.39 is 0 Å². The minimum absolute atomic E-state index is 0.0780. The van der Waals surface area contributed by atoms with Crippen molar-refractivity contribution in [3.63, 3.8) is 0 Å². The zero-order valence-corrected chi connectivity index (χ0v) is 14.7. The average molecular weight is 327 g/mol. The van der Waals surface area contributed by atoms with Gasteiger partial charge in [-0.3, -0.25) is 9.58 Å². The van der Waals surface area contributed by atoms with Crippen molar-refractivity contribution < 1.29 is 9.47 Å². The third kappa shape index (κ3) is 3.19. The Balaban J connectivity index is 1.44. The van der Waals surface area contributed by atoms with Crippen LogP contribution in [0.3, 0.4) is 0 Å². The fraction of sp³-hybridized carbons (Fsp3) is 0.526. The Hall–Kier alpha value is -1.85. The summed E-state index contributed by atoms with van der Waals surface area (Å²) in [5.41, 5.74) is 3.76. The lowest BCUT2D eigenvalue weighted by atomic mass is 10.00. The van der Waals surface area contributed by atoms with Crippen molar-refractivity contribution in [2.24, 2.45) is 7.05 Å². The highest BCUT2D eigenvalue weighted by Crippen LogP contribution is 2.35. The van der Waals surface area contributed by atoms with E-state index in [4.69, 9.17) is 9.47 Å². The molecule has 1 saturated heterocycles. The lowest BCUT2D eigenvalue weighted by Crippen LogP contribution is -2.37. The zero-order chi connectivity index (χ0) is 16.7. The van der Waals surface area contributed by atoms with Crippen LogP contribution in [-0.4, -0.2) is 40.0 Å². The van der Waals surface area contributed by atoms with Crippen LogP contribution in [0.25, 0.3) is 0 Å². The minimum Gasteiger partial charge on any atom is -0.487 e. The number of fused-ring (bicyclic) bond motifs is 1. The molecular formula is C19H25N3O2. The molecule has 0 radical (unpaired) electrons. The van der Waals surface area contributed by atoms with Crippen molar-refractivity contribution in [2.75, 3.05) is 19.7 Å². The topological polar surface area (TPSA) is 39.5 Å². The van der Waals surface area contributed by atoms with Gasteiger partial charge in [-0.1, -0.05) is 12.1 Å². The van der Waals surface area contributed by atoms with Gasteiger partial charge in [-0.2, -0.15) is 5.10 Å². The minimum atomic E-state index is -0.0780. The van der Waals surface area contributed by atoms with E-state index in [-0.39, 0.29) is 11.7 Å². The van der Waals surface area contributed by atoms with Crippen molar-refractivity contribution in [3.8, 4) is 5.75 Å². The molecule has 5 heteroatoms. The first-order chi connectivity index (χ1) is 11.5. The Morgan fingerprint density at radius 1 is 1.33 bits per heavy atom. The summed E-state index contributed by atoms with van der Waals surface area (Å²) in [4.78, 5) is 2.46. The van der Waals surface area contributed by atoms with E-state index in [1.165, 1.54) is 11.1 Å². The molecule has 1 atom stereocenters. The molecule has 24 heavy (non-hydrogen) atoms. The summed E-state index contributed by atoms with van der Waals surface area (Å²) in [6, 6.07) is 6.62. The molecule has 0 N–H and O–H groups in total. The van der Waals surface area contributed by atoms with E-state index in [1.807, 2.05) is 24.1 Å². The molecule has 4 rings (SSSR count). The number of aromatic nitrogens is 2. The molecule has 1 aromatic heterocycles. The van der Waals surface area contributed by atoms with Crippen LogP contribution in [0, 0.1) is 0 Å². The summed E-state index contributed by atoms with van der Waals surface area (Å²) >= 11 is 0. The number of ether oxygens (including phenoxy) is 2. The maximum absolute atomic E-state index is 5.97. The highest BCUT2D eigenvalue weighted by Gasteiger charge is 2.30. The van der Waals surface area contributed by atoms with Crippen molar-refractivity contribution in [2.45, 2.75) is 38.5 Å². The van der Waals surface area contributed by atoms with Crippen LogP contribution in [0.5, 0.6) is 5.75 Å². The molecule has 2 aromatic rings. The predicted molar refractivity (Wildman–Crippen MR) is 92.0 cm³/mol. The number of benzene rings is 1. The van der Waals surface area contributed by atoms with Gasteiger partial charge in [0.1, 0.15) is 11.4 Å². The van der Waals surface area contributed by atoms with Gasteiger partial charge in [0, 0.05) is 44.9 Å². The lowest BCUT2D eigenvalue weighted by molar-refractivity contribution is -0.0329. The summed E-state index contributed by atoms with van der Waals surface area (Å²) in [6.45, 7) is 7.88. The van der Waals surface area contributed by atoms with Gasteiger partial charge in [-0.15, -0.1) is 0 Å². The predicted octanol–water partition coefficient (Wildman–Crippen LogP) is 2.71. The number of hydrogen-bond donors (Lipinski definition) is 0. The molecule has 0 aliphatic carbocycles. The van der Waals surface area contributed by atoms with Crippen molar-refractivity contribution in [1.82, 2.24) is 14.7 Å². The van der Waals surface area contributed by atoms with Crippen LogP contribution in [-0.2, 0) is 24.8 Å². The van der Waals surface area contributed by atoms with Crippen LogP contribution in [0.4, 0.5) is 0 Å². The van der Waals surface area contributed by atoms with Gasteiger partial charge >= 0.3 is 0 Å². The number of aryl methyl sites for hydroxylation is 1. The van der Waals surface area contributed by atoms with E-state index in [9.17, 15) is 0 Å². The fourth-order valence-corrected chi connectivity index (χ4v) is 3.67. The first-order valence-electron chi connectivity index (χ1n) is 8.62. The number of hydrogen-bond acceptors (Lipinski definition) is 4. The van der Waals surface area contributed by atoms with Gasteiger partial charge in [0.15, 0.2) is 0 Å². The number of nitrogens with zero attached hydrogens (tertiary/aromatic N) is 3. The highest BCUT2D eigenvalue weighted by atomic mass is 16.5. The second kappa shape index (κ2) is 5.90. The quantitative estimate of drug-likeness (QED) is 0.869.